The van der Waals surface area contributed by atoms with Crippen LogP contribution < -0.4 is 0 Å². The van der Waals surface area contributed by atoms with Crippen molar-refractivity contribution in [3.8, 4) is 0 Å². The first-order chi connectivity index (χ1) is 13.4. The lowest BCUT2D eigenvalue weighted by molar-refractivity contribution is -0.173. The van der Waals surface area contributed by atoms with Gasteiger partial charge in [0.1, 0.15) is 6.54 Å². The average molecular weight is 436 g/mol. The SMILES string of the molecule is C[C@H](C(=S)c1ccccc1)[C@@H]1[C@H]([C@@H](CO[SiH](C)C)C(C)(C)C)C(=O)N1CC(=O)O. The fraction of sp³-hybridized carbons (Fsp3) is 0.591. The number of carbonyl (C=O) groups is 2. The standard InChI is InChI=1S/C22H33NO4SSi/c1-14(20(28)15-10-8-7-9-11-15)19-18(21(26)23(19)12-17(24)25)16(22(2,3)4)13-27-29(5)6/h7-11,14,16,18-19,29H,12-13H2,1-6H3,(H,24,25)/t14-,16+,18-,19+/m0/s1. The first kappa shape index (κ1) is 23.7. The van der Waals surface area contributed by atoms with E-state index in [-0.39, 0.29) is 41.7 Å². The van der Waals surface area contributed by atoms with Crippen molar-refractivity contribution in [2.75, 3.05) is 13.2 Å². The van der Waals surface area contributed by atoms with E-state index in [0.717, 1.165) is 10.4 Å². The number of aliphatic carboxylic acids is 1. The lowest BCUT2D eigenvalue weighted by Crippen LogP contribution is -2.69. The summed E-state index contributed by atoms with van der Waals surface area (Å²) in [6, 6.07) is 9.49. The minimum Gasteiger partial charge on any atom is -0.480 e. The Balaban J connectivity index is 2.36. The molecule has 1 aromatic carbocycles. The predicted molar refractivity (Wildman–Crippen MR) is 122 cm³/mol. The lowest BCUT2D eigenvalue weighted by atomic mass is 9.63. The summed E-state index contributed by atoms with van der Waals surface area (Å²) in [5.41, 5.74) is 0.798. The molecule has 1 aromatic rings. The number of carboxylic acid groups (broad SMARTS) is 1. The quantitative estimate of drug-likeness (QED) is 0.278. The molecule has 0 unspecified atom stereocenters. The van der Waals surface area contributed by atoms with Crippen LogP contribution in [0.1, 0.15) is 33.3 Å². The first-order valence-corrected chi connectivity index (χ1v) is 13.4. The maximum Gasteiger partial charge on any atom is 0.323 e. The van der Waals surface area contributed by atoms with Crippen LogP contribution in [-0.4, -0.2) is 55.0 Å². The molecule has 0 spiro atoms. The third kappa shape index (κ3) is 5.52. The number of hydrogen-bond acceptors (Lipinski definition) is 4. The number of hydrogen-bond donors (Lipinski definition) is 1. The van der Waals surface area contributed by atoms with E-state index in [9.17, 15) is 14.7 Å². The van der Waals surface area contributed by atoms with Crippen LogP contribution in [0.25, 0.3) is 0 Å². The maximum absolute atomic E-state index is 13.1. The van der Waals surface area contributed by atoms with Crippen molar-refractivity contribution in [2.24, 2.45) is 23.2 Å². The van der Waals surface area contributed by atoms with Crippen molar-refractivity contribution in [1.29, 1.82) is 0 Å². The van der Waals surface area contributed by atoms with Crippen LogP contribution in [0.15, 0.2) is 30.3 Å². The molecule has 1 heterocycles. The highest BCUT2D eigenvalue weighted by molar-refractivity contribution is 7.80. The van der Waals surface area contributed by atoms with Crippen LogP contribution in [0.2, 0.25) is 13.1 Å². The van der Waals surface area contributed by atoms with Crippen LogP contribution in [0.4, 0.5) is 0 Å². The fourth-order valence-corrected chi connectivity index (χ4v) is 4.99. The van der Waals surface area contributed by atoms with E-state index in [2.05, 4.69) is 33.9 Å². The summed E-state index contributed by atoms with van der Waals surface area (Å²) in [4.78, 5) is 26.7. The predicted octanol–water partition coefficient (Wildman–Crippen LogP) is 3.61. The number of rotatable bonds is 9. The number of amides is 1. The summed E-state index contributed by atoms with van der Waals surface area (Å²) in [5, 5.41) is 9.34. The van der Waals surface area contributed by atoms with E-state index < -0.39 is 15.0 Å². The van der Waals surface area contributed by atoms with Crippen LogP contribution in [0.3, 0.4) is 0 Å². The summed E-state index contributed by atoms with van der Waals surface area (Å²) in [6.45, 7) is 12.8. The number of carbonyl (C=O) groups excluding carboxylic acids is 1. The van der Waals surface area contributed by atoms with Crippen molar-refractivity contribution in [1.82, 2.24) is 4.90 Å². The highest BCUT2D eigenvalue weighted by Crippen LogP contribution is 2.45. The summed E-state index contributed by atoms with van der Waals surface area (Å²) in [6.07, 6.45) is 0. The third-order valence-electron chi connectivity index (χ3n) is 5.74. The number of thiocarbonyl (C=S) groups is 1. The molecule has 1 fully saturated rings. The van der Waals surface area contributed by atoms with E-state index in [4.69, 9.17) is 16.6 Å². The molecule has 160 valence electrons. The fourth-order valence-electron chi connectivity index (χ4n) is 4.13. The smallest absolute Gasteiger partial charge is 0.323 e. The van der Waals surface area contributed by atoms with Gasteiger partial charge in [0.2, 0.25) is 5.91 Å². The topological polar surface area (TPSA) is 66.8 Å². The van der Waals surface area contributed by atoms with Gasteiger partial charge in [-0.3, -0.25) is 9.59 Å². The third-order valence-corrected chi connectivity index (χ3v) is 7.21. The Morgan fingerprint density at radius 3 is 2.34 bits per heavy atom. The van der Waals surface area contributed by atoms with Gasteiger partial charge in [-0.2, -0.15) is 0 Å². The molecular weight excluding hydrogens is 402 g/mol. The molecule has 5 nitrogen and oxygen atoms in total. The average Bonchev–Trinajstić information content (AvgIpc) is 2.64. The first-order valence-electron chi connectivity index (χ1n) is 10.2. The van der Waals surface area contributed by atoms with E-state index in [0.29, 0.717) is 6.61 Å². The van der Waals surface area contributed by atoms with Crippen molar-refractivity contribution >= 4 is 38.0 Å². The lowest BCUT2D eigenvalue weighted by Gasteiger charge is -2.54. The Bertz CT molecular complexity index is 747. The molecule has 0 radical (unpaired) electrons. The van der Waals surface area contributed by atoms with Crippen molar-refractivity contribution < 1.29 is 19.1 Å². The number of carboxylic acids is 1. The Hall–Kier alpha value is -1.57. The molecule has 1 aliphatic rings. The van der Waals surface area contributed by atoms with E-state index in [1.54, 1.807) is 0 Å². The minimum absolute atomic E-state index is 0.000897. The number of β-lactam (4-membered cyclic amide) rings is 1. The summed E-state index contributed by atoms with van der Waals surface area (Å²) < 4.78 is 6.04. The van der Waals surface area contributed by atoms with E-state index >= 15 is 0 Å². The Kier molecular flexibility index (Phi) is 7.76. The van der Waals surface area contributed by atoms with Gasteiger partial charge in [0, 0.05) is 17.4 Å². The normalized spacial score (nSPS) is 21.6. The summed E-state index contributed by atoms with van der Waals surface area (Å²) in [7, 11) is -1.24. The van der Waals surface area contributed by atoms with Gasteiger partial charge in [-0.15, -0.1) is 0 Å². The van der Waals surface area contributed by atoms with Gasteiger partial charge in [-0.05, 0) is 30.0 Å². The highest BCUT2D eigenvalue weighted by Gasteiger charge is 2.56. The van der Waals surface area contributed by atoms with Gasteiger partial charge in [-0.1, -0.05) is 70.2 Å². The van der Waals surface area contributed by atoms with Gasteiger partial charge >= 0.3 is 5.97 Å². The second kappa shape index (κ2) is 9.49. The van der Waals surface area contributed by atoms with E-state index in [1.165, 1.54) is 4.90 Å². The zero-order valence-electron chi connectivity index (χ0n) is 18.2. The molecule has 2 rings (SSSR count). The molecule has 7 heteroatoms. The second-order valence-electron chi connectivity index (χ2n) is 9.25. The molecule has 1 aliphatic heterocycles. The highest BCUT2D eigenvalue weighted by atomic mass is 32.1. The molecule has 1 saturated heterocycles. The molecule has 0 aliphatic carbocycles. The van der Waals surface area contributed by atoms with Crippen molar-refractivity contribution in [2.45, 2.75) is 46.8 Å². The van der Waals surface area contributed by atoms with Gasteiger partial charge in [0.25, 0.3) is 0 Å². The Morgan fingerprint density at radius 1 is 1.28 bits per heavy atom. The van der Waals surface area contributed by atoms with Crippen molar-refractivity contribution in [3.05, 3.63) is 35.9 Å². The van der Waals surface area contributed by atoms with Crippen molar-refractivity contribution in [3.63, 3.8) is 0 Å². The Morgan fingerprint density at radius 2 is 1.86 bits per heavy atom. The minimum atomic E-state index is -1.24. The molecule has 29 heavy (non-hydrogen) atoms. The van der Waals surface area contributed by atoms with Gasteiger partial charge in [-0.25, -0.2) is 0 Å². The van der Waals surface area contributed by atoms with Crippen LogP contribution in [0.5, 0.6) is 0 Å². The monoisotopic (exact) mass is 435 g/mol. The summed E-state index contributed by atoms with van der Waals surface area (Å²) in [5.74, 6) is -1.53. The molecule has 0 aromatic heterocycles. The van der Waals surface area contributed by atoms with Crippen LogP contribution >= 0.6 is 12.2 Å². The maximum atomic E-state index is 13.1. The molecule has 4 atom stereocenters. The van der Waals surface area contributed by atoms with Crippen LogP contribution in [-0.2, 0) is 14.0 Å². The number of benzene rings is 1. The van der Waals surface area contributed by atoms with Gasteiger partial charge in [0.15, 0.2) is 9.04 Å². The molecular formula is C22H33NO4SSi. The molecule has 0 saturated carbocycles. The second-order valence-corrected chi connectivity index (χ2v) is 12.1. The molecule has 0 bridgehead atoms. The molecule has 1 amide bonds. The largest absolute Gasteiger partial charge is 0.480 e. The van der Waals surface area contributed by atoms with Gasteiger partial charge < -0.3 is 14.4 Å². The van der Waals surface area contributed by atoms with E-state index in [1.807, 2.05) is 37.3 Å². The summed E-state index contributed by atoms with van der Waals surface area (Å²) >= 11 is 5.75. The Labute approximate surface area is 181 Å². The number of likely N-dealkylation sites (tertiary alicyclic amines) is 1. The zero-order valence-corrected chi connectivity index (χ0v) is 20.2. The van der Waals surface area contributed by atoms with Crippen LogP contribution in [0, 0.1) is 23.2 Å². The zero-order chi connectivity index (χ0) is 21.9. The number of nitrogens with zero attached hydrogens (tertiary/aromatic N) is 1. The molecule has 1 N–H and O–H groups in total. The van der Waals surface area contributed by atoms with Gasteiger partial charge in [0.05, 0.1) is 12.0 Å².